The minimum Gasteiger partial charge on any atom is -0.496 e. The van der Waals surface area contributed by atoms with Gasteiger partial charge in [0.25, 0.3) is 0 Å². The van der Waals surface area contributed by atoms with Crippen molar-refractivity contribution in [3.63, 3.8) is 0 Å². The Morgan fingerprint density at radius 3 is 2.64 bits per heavy atom. The molecule has 0 radical (unpaired) electrons. The minimum atomic E-state index is -0.793. The summed E-state index contributed by atoms with van der Waals surface area (Å²) in [5.41, 5.74) is 1.06. The number of hydrogen-bond donors (Lipinski definition) is 0. The Bertz CT molecular complexity index is 1230. The van der Waals surface area contributed by atoms with Crippen LogP contribution >= 0.6 is 0 Å². The highest BCUT2D eigenvalue weighted by atomic mass is 16.8. The fraction of sp³-hybridized carbons (Fsp3) is 0.333. The molecule has 0 aliphatic carbocycles. The molecule has 0 saturated carbocycles. The maximum absolute atomic E-state index is 13.3. The van der Waals surface area contributed by atoms with Gasteiger partial charge in [-0.25, -0.2) is 4.79 Å². The number of ether oxygens (including phenoxy) is 4. The quantitative estimate of drug-likeness (QED) is 0.475. The molecule has 0 unspecified atom stereocenters. The van der Waals surface area contributed by atoms with Gasteiger partial charge in [-0.15, -0.1) is 0 Å². The first-order chi connectivity index (χ1) is 13.3. The van der Waals surface area contributed by atoms with Gasteiger partial charge in [-0.1, -0.05) is 12.1 Å². The number of hydrogen-bond acceptors (Lipinski definition) is 6. The Hall–Kier alpha value is -3.22. The van der Waals surface area contributed by atoms with Gasteiger partial charge in [-0.05, 0) is 26.0 Å². The predicted molar refractivity (Wildman–Crippen MR) is 102 cm³/mol. The van der Waals surface area contributed by atoms with Crippen LogP contribution in [-0.2, 0) is 16.5 Å². The molecule has 2 atom stereocenters. The highest BCUT2D eigenvalue weighted by Gasteiger charge is 2.54. The van der Waals surface area contributed by atoms with E-state index in [1.165, 1.54) is 7.11 Å². The first-order valence-corrected chi connectivity index (χ1v) is 9.02. The monoisotopic (exact) mass is 381 g/mol. The van der Waals surface area contributed by atoms with Crippen LogP contribution in [0.3, 0.4) is 0 Å². The third-order valence-corrected chi connectivity index (χ3v) is 5.62. The second-order valence-corrected chi connectivity index (χ2v) is 7.65. The summed E-state index contributed by atoms with van der Waals surface area (Å²) in [6.07, 6.45) is -2.04. The summed E-state index contributed by atoms with van der Waals surface area (Å²) in [6.45, 7) is 3.68. The Morgan fingerprint density at radius 2 is 1.89 bits per heavy atom. The van der Waals surface area contributed by atoms with E-state index in [4.69, 9.17) is 18.9 Å². The summed E-state index contributed by atoms with van der Waals surface area (Å²) < 4.78 is 24.6. The zero-order valence-electron chi connectivity index (χ0n) is 15.9. The summed E-state index contributed by atoms with van der Waals surface area (Å²) in [7, 11) is 3.39. The fourth-order valence-electron chi connectivity index (χ4n) is 4.36. The molecule has 7 nitrogen and oxygen atoms in total. The van der Waals surface area contributed by atoms with Crippen molar-refractivity contribution in [2.24, 2.45) is 7.05 Å². The van der Waals surface area contributed by atoms with Gasteiger partial charge in [0.15, 0.2) is 12.2 Å². The Balaban J connectivity index is 1.99. The molecule has 1 aromatic heterocycles. The van der Waals surface area contributed by atoms with Crippen molar-refractivity contribution >= 4 is 28.0 Å². The Kier molecular flexibility index (Phi) is 3.27. The van der Waals surface area contributed by atoms with Gasteiger partial charge in [0.05, 0.1) is 29.1 Å². The number of aromatic nitrogens is 1. The largest absolute Gasteiger partial charge is 0.509 e. The molecule has 0 bridgehead atoms. The lowest BCUT2D eigenvalue weighted by Crippen LogP contribution is -2.48. The summed E-state index contributed by atoms with van der Waals surface area (Å²) in [4.78, 5) is 25.3. The lowest BCUT2D eigenvalue weighted by atomic mass is 9.87. The van der Waals surface area contributed by atoms with E-state index in [9.17, 15) is 9.59 Å². The maximum atomic E-state index is 13.3. The van der Waals surface area contributed by atoms with E-state index in [0.29, 0.717) is 33.4 Å². The Labute approximate surface area is 160 Å². The number of rotatable bonds is 1. The van der Waals surface area contributed by atoms with E-state index in [-0.39, 0.29) is 5.43 Å². The molecule has 0 N–H and O–H groups in total. The van der Waals surface area contributed by atoms with Crippen LogP contribution in [0.25, 0.3) is 21.8 Å². The molecule has 2 aliphatic rings. The van der Waals surface area contributed by atoms with Crippen LogP contribution in [0.4, 0.5) is 4.79 Å². The molecule has 28 heavy (non-hydrogen) atoms. The van der Waals surface area contributed by atoms with Crippen LogP contribution in [0.15, 0.2) is 35.1 Å². The number of pyridine rings is 1. The van der Waals surface area contributed by atoms with Crippen molar-refractivity contribution in [2.45, 2.75) is 31.7 Å². The van der Waals surface area contributed by atoms with Gasteiger partial charge in [-0.2, -0.15) is 0 Å². The molecule has 3 heterocycles. The van der Waals surface area contributed by atoms with Gasteiger partial charge in [0, 0.05) is 18.5 Å². The summed E-state index contributed by atoms with van der Waals surface area (Å²) in [5, 5.41) is 1.01. The van der Waals surface area contributed by atoms with Crippen molar-refractivity contribution in [1.82, 2.24) is 4.57 Å². The smallest absolute Gasteiger partial charge is 0.496 e. The van der Waals surface area contributed by atoms with E-state index in [1.54, 1.807) is 12.1 Å². The number of carbonyl (C=O) groups is 1. The summed E-state index contributed by atoms with van der Waals surface area (Å²) >= 11 is 0. The predicted octanol–water partition coefficient (Wildman–Crippen LogP) is 3.45. The molecule has 1 saturated heterocycles. The SMILES string of the molecule is COc1cc2c(c3c1c(=O)c1ccccc1n3C)[C@@H]1OC(=O)O[C@@H]1C(C)(C)O2. The van der Waals surface area contributed by atoms with E-state index in [2.05, 4.69) is 0 Å². The lowest BCUT2D eigenvalue weighted by Gasteiger charge is -2.39. The normalized spacial score (nSPS) is 22.2. The molecule has 7 heteroatoms. The maximum Gasteiger partial charge on any atom is 0.509 e. The number of para-hydroxylation sites is 1. The van der Waals surface area contributed by atoms with Gasteiger partial charge in [-0.3, -0.25) is 4.79 Å². The van der Waals surface area contributed by atoms with Crippen LogP contribution in [0.1, 0.15) is 25.5 Å². The Morgan fingerprint density at radius 1 is 1.14 bits per heavy atom. The number of methoxy groups -OCH3 is 1. The second kappa shape index (κ2) is 5.41. The third kappa shape index (κ3) is 2.04. The molecular formula is C21H19NO6. The lowest BCUT2D eigenvalue weighted by molar-refractivity contribution is -0.0499. The average molecular weight is 381 g/mol. The molecule has 1 fully saturated rings. The molecule has 0 spiro atoms. The van der Waals surface area contributed by atoms with Crippen LogP contribution < -0.4 is 14.9 Å². The third-order valence-electron chi connectivity index (χ3n) is 5.62. The first kappa shape index (κ1) is 16.9. The fourth-order valence-corrected chi connectivity index (χ4v) is 4.36. The first-order valence-electron chi connectivity index (χ1n) is 9.02. The molecule has 2 aliphatic heterocycles. The molecule has 3 aromatic rings. The molecule has 5 rings (SSSR count). The summed E-state index contributed by atoms with van der Waals surface area (Å²) in [6, 6.07) is 9.06. The molecule has 2 aromatic carbocycles. The van der Waals surface area contributed by atoms with Gasteiger partial charge in [0.1, 0.15) is 17.1 Å². The second-order valence-electron chi connectivity index (χ2n) is 7.65. The number of aryl methyl sites for hydroxylation is 1. The van der Waals surface area contributed by atoms with E-state index < -0.39 is 24.0 Å². The topological polar surface area (TPSA) is 76.0 Å². The zero-order valence-corrected chi connectivity index (χ0v) is 15.9. The van der Waals surface area contributed by atoms with Crippen molar-refractivity contribution in [1.29, 1.82) is 0 Å². The van der Waals surface area contributed by atoms with Gasteiger partial charge >= 0.3 is 6.16 Å². The molecular weight excluding hydrogens is 362 g/mol. The van der Waals surface area contributed by atoms with Crippen LogP contribution in [-0.4, -0.2) is 29.5 Å². The van der Waals surface area contributed by atoms with E-state index >= 15 is 0 Å². The van der Waals surface area contributed by atoms with Crippen molar-refractivity contribution in [3.05, 3.63) is 46.1 Å². The van der Waals surface area contributed by atoms with Gasteiger partial charge in [0.2, 0.25) is 5.43 Å². The van der Waals surface area contributed by atoms with Crippen LogP contribution in [0.5, 0.6) is 11.5 Å². The number of benzene rings is 2. The van der Waals surface area contributed by atoms with E-state index in [0.717, 1.165) is 5.52 Å². The molecule has 0 amide bonds. The van der Waals surface area contributed by atoms with Crippen molar-refractivity contribution < 1.29 is 23.7 Å². The van der Waals surface area contributed by atoms with Crippen LogP contribution in [0, 0.1) is 0 Å². The van der Waals surface area contributed by atoms with E-state index in [1.807, 2.05) is 43.7 Å². The number of carbonyl (C=O) groups excluding carboxylic acids is 1. The number of fused-ring (bicyclic) bond motifs is 6. The summed E-state index contributed by atoms with van der Waals surface area (Å²) in [5.74, 6) is 0.929. The number of nitrogens with zero attached hydrogens (tertiary/aromatic N) is 1. The van der Waals surface area contributed by atoms with Gasteiger partial charge < -0.3 is 23.5 Å². The average Bonchev–Trinajstić information content (AvgIpc) is 3.07. The van der Waals surface area contributed by atoms with Crippen molar-refractivity contribution in [3.8, 4) is 11.5 Å². The van der Waals surface area contributed by atoms with Crippen LogP contribution in [0.2, 0.25) is 0 Å². The molecule has 144 valence electrons. The highest BCUT2D eigenvalue weighted by molar-refractivity contribution is 5.99. The van der Waals surface area contributed by atoms with Crippen molar-refractivity contribution in [2.75, 3.05) is 7.11 Å². The minimum absolute atomic E-state index is 0.144. The highest BCUT2D eigenvalue weighted by Crippen LogP contribution is 2.50. The zero-order chi connectivity index (χ0) is 19.8. The standard InChI is InChI=1S/C21H19NO6/c1-21(2)19-18(26-20(24)27-19)15-13(28-21)9-12(25-4)14-16(15)22(3)11-8-6-5-7-10(11)17(14)23/h5-9,18-19H,1-4H3/t18-,19-/m0/s1.